The van der Waals surface area contributed by atoms with Crippen molar-refractivity contribution in [2.75, 3.05) is 0 Å². The lowest BCUT2D eigenvalue weighted by atomic mass is 9.81. The molecule has 1 aromatic carbocycles. The van der Waals surface area contributed by atoms with Crippen molar-refractivity contribution < 1.29 is 19.5 Å². The Bertz CT molecular complexity index is 643. The van der Waals surface area contributed by atoms with Gasteiger partial charge in [0.1, 0.15) is 0 Å². The summed E-state index contributed by atoms with van der Waals surface area (Å²) in [4.78, 5) is 38.1. The predicted octanol–water partition coefficient (Wildman–Crippen LogP) is 0.379. The molecule has 3 fully saturated rings. The fourth-order valence-electron chi connectivity index (χ4n) is 4.86. The zero-order valence-corrected chi connectivity index (χ0v) is 12.7. The van der Waals surface area contributed by atoms with E-state index in [0.717, 1.165) is 29.7 Å². The number of hydrogen-bond donors (Lipinski definition) is 0. The number of carbonyl (C=O) groups is 3. The summed E-state index contributed by atoms with van der Waals surface area (Å²) < 4.78 is 0. The Morgan fingerprint density at radius 2 is 1.65 bits per heavy atom. The van der Waals surface area contributed by atoms with E-state index in [2.05, 4.69) is 0 Å². The predicted molar refractivity (Wildman–Crippen MR) is 78.6 cm³/mol. The fourth-order valence-corrected chi connectivity index (χ4v) is 4.86. The van der Waals surface area contributed by atoms with E-state index in [0.29, 0.717) is 0 Å². The van der Waals surface area contributed by atoms with E-state index in [1.54, 1.807) is 12.1 Å². The third-order valence-electron chi connectivity index (χ3n) is 5.82. The summed E-state index contributed by atoms with van der Waals surface area (Å²) >= 11 is 0. The number of fused-ring (bicyclic) bond motifs is 5. The first-order chi connectivity index (χ1) is 11.1. The van der Waals surface area contributed by atoms with Crippen LogP contribution in [0.5, 0.6) is 0 Å². The highest BCUT2D eigenvalue weighted by Crippen LogP contribution is 2.56. The number of aliphatic carboxylic acids is 1. The maximum Gasteiger partial charge on any atom is 0.234 e. The number of hydrogen-bond acceptors (Lipinski definition) is 4. The second-order valence-electron chi connectivity index (χ2n) is 6.96. The number of carbonyl (C=O) groups excluding carboxylic acids is 3. The lowest BCUT2D eigenvalue weighted by molar-refractivity contribution is -0.310. The molecule has 5 heteroatoms. The van der Waals surface area contributed by atoms with Crippen molar-refractivity contribution in [3.63, 3.8) is 0 Å². The number of carboxylic acids is 1. The summed E-state index contributed by atoms with van der Waals surface area (Å²) in [5.41, 5.74) is 0.780. The molecule has 0 radical (unpaired) electrons. The Kier molecular flexibility index (Phi) is 3.25. The number of nitrogens with zero attached hydrogens (tertiary/aromatic N) is 1. The molecule has 1 aliphatic heterocycles. The van der Waals surface area contributed by atoms with Gasteiger partial charge in [-0.25, -0.2) is 0 Å². The number of carboxylic acid groups (broad SMARTS) is 1. The number of rotatable bonds is 4. The SMILES string of the molecule is O=C([O-])[C@@H](Cc1ccccc1)N1C(=O)[C@H]2[C@H]3CC[C@@H](C3)[C@@H]2C1=O. The van der Waals surface area contributed by atoms with E-state index in [9.17, 15) is 19.5 Å². The number of imide groups is 1. The van der Waals surface area contributed by atoms with Gasteiger partial charge < -0.3 is 9.90 Å². The van der Waals surface area contributed by atoms with Crippen LogP contribution in [0.25, 0.3) is 0 Å². The molecule has 1 heterocycles. The van der Waals surface area contributed by atoms with E-state index in [1.807, 2.05) is 18.2 Å². The molecule has 3 aliphatic rings. The van der Waals surface area contributed by atoms with Crippen molar-refractivity contribution in [1.29, 1.82) is 0 Å². The van der Waals surface area contributed by atoms with Crippen LogP contribution in [0, 0.1) is 23.7 Å². The van der Waals surface area contributed by atoms with Crippen LogP contribution in [0.2, 0.25) is 0 Å². The Labute approximate surface area is 134 Å². The zero-order chi connectivity index (χ0) is 16.1. The first kappa shape index (κ1) is 14.4. The molecule has 23 heavy (non-hydrogen) atoms. The first-order valence-electron chi connectivity index (χ1n) is 8.19. The van der Waals surface area contributed by atoms with Crippen molar-refractivity contribution in [1.82, 2.24) is 4.90 Å². The highest BCUT2D eigenvalue weighted by atomic mass is 16.4. The minimum atomic E-state index is -1.36. The van der Waals surface area contributed by atoms with Gasteiger partial charge in [-0.3, -0.25) is 14.5 Å². The first-order valence-corrected chi connectivity index (χ1v) is 8.19. The van der Waals surface area contributed by atoms with Gasteiger partial charge in [0.05, 0.1) is 23.8 Å². The van der Waals surface area contributed by atoms with Crippen LogP contribution in [-0.2, 0) is 20.8 Å². The van der Waals surface area contributed by atoms with E-state index in [1.165, 1.54) is 0 Å². The van der Waals surface area contributed by atoms with Crippen molar-refractivity contribution >= 4 is 17.8 Å². The fraction of sp³-hybridized carbons (Fsp3) is 0.500. The molecule has 0 N–H and O–H groups in total. The molecule has 5 atom stereocenters. The van der Waals surface area contributed by atoms with Crippen molar-refractivity contribution in [2.45, 2.75) is 31.7 Å². The van der Waals surface area contributed by atoms with Crippen molar-refractivity contribution in [2.24, 2.45) is 23.7 Å². The summed E-state index contributed by atoms with van der Waals surface area (Å²) in [5.74, 6) is -2.02. The molecule has 4 rings (SSSR count). The van der Waals surface area contributed by atoms with E-state index >= 15 is 0 Å². The van der Waals surface area contributed by atoms with Gasteiger partial charge in [0, 0.05) is 0 Å². The molecular weight excluding hydrogens is 294 g/mol. The summed E-state index contributed by atoms with van der Waals surface area (Å²) in [5, 5.41) is 11.6. The third-order valence-corrected chi connectivity index (χ3v) is 5.82. The quantitative estimate of drug-likeness (QED) is 0.753. The second kappa shape index (κ2) is 5.18. The number of amides is 2. The number of benzene rings is 1. The molecule has 2 aliphatic carbocycles. The van der Waals surface area contributed by atoms with Crippen LogP contribution >= 0.6 is 0 Å². The van der Waals surface area contributed by atoms with Gasteiger partial charge in [0.15, 0.2) is 0 Å². The van der Waals surface area contributed by atoms with Crippen LogP contribution in [0.4, 0.5) is 0 Å². The normalized spacial score (nSPS) is 33.1. The Hall–Kier alpha value is -2.17. The molecule has 0 aromatic heterocycles. The Morgan fingerprint density at radius 3 is 2.17 bits per heavy atom. The zero-order valence-electron chi connectivity index (χ0n) is 12.7. The largest absolute Gasteiger partial charge is 0.548 e. The van der Waals surface area contributed by atoms with Crippen LogP contribution in [0.3, 0.4) is 0 Å². The molecule has 5 nitrogen and oxygen atoms in total. The Morgan fingerprint density at radius 1 is 1.09 bits per heavy atom. The molecule has 0 unspecified atom stereocenters. The molecule has 1 aromatic rings. The van der Waals surface area contributed by atoms with E-state index in [-0.39, 0.29) is 41.9 Å². The summed E-state index contributed by atoms with van der Waals surface area (Å²) in [6.45, 7) is 0. The van der Waals surface area contributed by atoms with Crippen LogP contribution in [0.15, 0.2) is 30.3 Å². The summed E-state index contributed by atoms with van der Waals surface area (Å²) in [7, 11) is 0. The third kappa shape index (κ3) is 2.10. The van der Waals surface area contributed by atoms with Gasteiger partial charge in [-0.05, 0) is 43.1 Å². The van der Waals surface area contributed by atoms with Gasteiger partial charge in [0.25, 0.3) is 0 Å². The Balaban J connectivity index is 1.63. The van der Waals surface area contributed by atoms with Crippen LogP contribution in [-0.4, -0.2) is 28.7 Å². The monoisotopic (exact) mass is 312 g/mol. The molecule has 2 saturated carbocycles. The standard InChI is InChI=1S/C18H19NO4/c20-16-14-11-6-7-12(9-11)15(14)17(21)19(16)13(18(22)23)8-10-4-2-1-3-5-10/h1-5,11-15H,6-9H2,(H,22,23)/p-1/t11-,12-,13+,14-,15-/m0/s1. The van der Waals surface area contributed by atoms with Crippen LogP contribution < -0.4 is 5.11 Å². The number of likely N-dealkylation sites (tertiary alicyclic amines) is 1. The topological polar surface area (TPSA) is 77.5 Å². The smallest absolute Gasteiger partial charge is 0.234 e. The van der Waals surface area contributed by atoms with Gasteiger partial charge in [-0.15, -0.1) is 0 Å². The van der Waals surface area contributed by atoms with Gasteiger partial charge >= 0.3 is 0 Å². The molecule has 2 amide bonds. The molecule has 1 saturated heterocycles. The average molecular weight is 312 g/mol. The molecule has 120 valence electrons. The maximum atomic E-state index is 12.7. The maximum absolute atomic E-state index is 12.7. The van der Waals surface area contributed by atoms with Crippen LogP contribution in [0.1, 0.15) is 24.8 Å². The minimum Gasteiger partial charge on any atom is -0.548 e. The summed E-state index contributed by atoms with van der Waals surface area (Å²) in [6.07, 6.45) is 3.01. The van der Waals surface area contributed by atoms with Crippen molar-refractivity contribution in [3.8, 4) is 0 Å². The summed E-state index contributed by atoms with van der Waals surface area (Å²) in [6, 6.07) is 7.85. The highest BCUT2D eigenvalue weighted by molar-refractivity contribution is 6.08. The van der Waals surface area contributed by atoms with E-state index in [4.69, 9.17) is 0 Å². The molecule has 0 spiro atoms. The highest BCUT2D eigenvalue weighted by Gasteiger charge is 2.61. The van der Waals surface area contributed by atoms with Gasteiger partial charge in [-0.2, -0.15) is 0 Å². The van der Waals surface area contributed by atoms with Crippen molar-refractivity contribution in [3.05, 3.63) is 35.9 Å². The average Bonchev–Trinajstić information content (AvgIpc) is 3.21. The lowest BCUT2D eigenvalue weighted by Crippen LogP contribution is -2.52. The van der Waals surface area contributed by atoms with Gasteiger partial charge in [0.2, 0.25) is 11.8 Å². The second-order valence-corrected chi connectivity index (χ2v) is 6.96. The molecule has 2 bridgehead atoms. The molecular formula is C18H18NO4-. The minimum absolute atomic E-state index is 0.107. The van der Waals surface area contributed by atoms with E-state index < -0.39 is 12.0 Å². The lowest BCUT2D eigenvalue weighted by Gasteiger charge is -2.28. The van der Waals surface area contributed by atoms with Gasteiger partial charge in [-0.1, -0.05) is 30.3 Å².